The first kappa shape index (κ1) is 27.0. The highest BCUT2D eigenvalue weighted by molar-refractivity contribution is 6.31. The average Bonchev–Trinajstić information content (AvgIpc) is 3.07. The standard InChI is InChI=1S/C27H33ClFN5O3/c1-27(2,3)31-24(36)17-34-25(18-5-7-22(29)21(28)15-18)30-23-8-6-19(16-20(23)26(34)37)33-10-4-9-32(11-12-33)13-14-35/h5-8,15-16,35H,4,9-14,17H2,1-3H3,(H,31,36). The molecule has 198 valence electrons. The molecule has 0 saturated carbocycles. The van der Waals surface area contributed by atoms with E-state index in [4.69, 9.17) is 16.6 Å². The molecule has 0 radical (unpaired) electrons. The van der Waals surface area contributed by atoms with Crippen LogP contribution < -0.4 is 15.8 Å². The Balaban J connectivity index is 1.78. The SMILES string of the molecule is CC(C)(C)NC(=O)Cn1c(-c2ccc(F)c(Cl)c2)nc2ccc(N3CCCN(CCO)CC3)cc2c1=O. The number of carbonyl (C=O) groups excluding carboxylic acids is 1. The average molecular weight is 530 g/mol. The molecule has 2 N–H and O–H groups in total. The number of nitrogens with zero attached hydrogens (tertiary/aromatic N) is 4. The molecule has 4 rings (SSSR count). The van der Waals surface area contributed by atoms with Gasteiger partial charge in [-0.2, -0.15) is 0 Å². The monoisotopic (exact) mass is 529 g/mol. The minimum Gasteiger partial charge on any atom is -0.395 e. The molecule has 0 aliphatic carbocycles. The van der Waals surface area contributed by atoms with Crippen molar-refractivity contribution in [3.05, 3.63) is 57.6 Å². The lowest BCUT2D eigenvalue weighted by atomic mass is 10.1. The fourth-order valence-electron chi connectivity index (χ4n) is 4.60. The number of hydrogen-bond acceptors (Lipinski definition) is 6. The molecule has 1 aliphatic heterocycles. The highest BCUT2D eigenvalue weighted by Crippen LogP contribution is 2.26. The zero-order valence-electron chi connectivity index (χ0n) is 21.4. The van der Waals surface area contributed by atoms with Crippen molar-refractivity contribution in [2.45, 2.75) is 39.3 Å². The van der Waals surface area contributed by atoms with E-state index in [9.17, 15) is 19.1 Å². The van der Waals surface area contributed by atoms with Gasteiger partial charge in [-0.05, 0) is 70.1 Å². The Morgan fingerprint density at radius 1 is 1.14 bits per heavy atom. The van der Waals surface area contributed by atoms with Gasteiger partial charge in [-0.25, -0.2) is 9.37 Å². The van der Waals surface area contributed by atoms with Gasteiger partial charge in [0, 0.05) is 43.0 Å². The van der Waals surface area contributed by atoms with Gasteiger partial charge in [0.1, 0.15) is 18.2 Å². The summed E-state index contributed by atoms with van der Waals surface area (Å²) in [6.07, 6.45) is 0.942. The number of anilines is 1. The third-order valence-electron chi connectivity index (χ3n) is 6.30. The quantitative estimate of drug-likeness (QED) is 0.509. The lowest BCUT2D eigenvalue weighted by molar-refractivity contribution is -0.123. The van der Waals surface area contributed by atoms with Gasteiger partial charge < -0.3 is 15.3 Å². The molecule has 0 unspecified atom stereocenters. The number of aliphatic hydroxyl groups excluding tert-OH is 1. The van der Waals surface area contributed by atoms with Crippen LogP contribution >= 0.6 is 11.6 Å². The number of amides is 1. The van der Waals surface area contributed by atoms with Crippen LogP contribution in [0.1, 0.15) is 27.2 Å². The van der Waals surface area contributed by atoms with E-state index in [1.54, 1.807) is 6.07 Å². The van der Waals surface area contributed by atoms with Crippen molar-refractivity contribution in [1.82, 2.24) is 19.8 Å². The van der Waals surface area contributed by atoms with Crippen LogP contribution in [0.15, 0.2) is 41.2 Å². The van der Waals surface area contributed by atoms with Crippen molar-refractivity contribution in [3.63, 3.8) is 0 Å². The summed E-state index contributed by atoms with van der Waals surface area (Å²) >= 11 is 6.02. The number of hydrogen-bond donors (Lipinski definition) is 2. The molecule has 0 spiro atoms. The molecule has 1 aliphatic rings. The summed E-state index contributed by atoms with van der Waals surface area (Å²) in [5.41, 5.74) is 0.986. The van der Waals surface area contributed by atoms with Gasteiger partial charge >= 0.3 is 0 Å². The highest BCUT2D eigenvalue weighted by atomic mass is 35.5. The largest absolute Gasteiger partial charge is 0.395 e. The van der Waals surface area contributed by atoms with E-state index in [-0.39, 0.29) is 35.5 Å². The van der Waals surface area contributed by atoms with Gasteiger partial charge in [-0.15, -0.1) is 0 Å². The van der Waals surface area contributed by atoms with E-state index in [0.717, 1.165) is 38.3 Å². The van der Waals surface area contributed by atoms with E-state index in [1.807, 2.05) is 32.9 Å². The highest BCUT2D eigenvalue weighted by Gasteiger charge is 2.21. The third-order valence-corrected chi connectivity index (χ3v) is 6.59. The molecule has 2 aromatic carbocycles. The molecule has 1 saturated heterocycles. The van der Waals surface area contributed by atoms with E-state index < -0.39 is 11.4 Å². The first-order chi connectivity index (χ1) is 17.6. The van der Waals surface area contributed by atoms with Crippen LogP contribution in [0, 0.1) is 5.82 Å². The van der Waals surface area contributed by atoms with E-state index >= 15 is 0 Å². The molecular weight excluding hydrogens is 497 g/mol. The topological polar surface area (TPSA) is 90.7 Å². The van der Waals surface area contributed by atoms with Crippen LogP contribution in [0.5, 0.6) is 0 Å². The summed E-state index contributed by atoms with van der Waals surface area (Å²) in [5.74, 6) is -0.672. The third kappa shape index (κ3) is 6.47. The maximum atomic E-state index is 13.9. The molecule has 0 atom stereocenters. The number of aliphatic hydroxyl groups is 1. The van der Waals surface area contributed by atoms with Gasteiger partial charge in [-0.1, -0.05) is 11.6 Å². The number of benzene rings is 2. The normalized spacial score (nSPS) is 15.1. The molecule has 8 nitrogen and oxygen atoms in total. The molecule has 1 aromatic heterocycles. The number of fused-ring (bicyclic) bond motifs is 1. The minimum atomic E-state index is -0.578. The predicted molar refractivity (Wildman–Crippen MR) is 145 cm³/mol. The fraction of sp³-hybridized carbons (Fsp3) is 0.444. The number of β-amino-alcohol motifs (C(OH)–C–C–N with tert-alkyl or cyclic N) is 1. The van der Waals surface area contributed by atoms with Crippen LogP contribution in [-0.2, 0) is 11.3 Å². The Bertz CT molecular complexity index is 1350. The van der Waals surface area contributed by atoms with Crippen molar-refractivity contribution >= 4 is 34.1 Å². The number of halogens is 2. The molecule has 1 amide bonds. The van der Waals surface area contributed by atoms with Crippen molar-refractivity contribution in [2.24, 2.45) is 0 Å². The van der Waals surface area contributed by atoms with Crippen LogP contribution in [0.2, 0.25) is 5.02 Å². The van der Waals surface area contributed by atoms with E-state index in [2.05, 4.69) is 15.1 Å². The van der Waals surface area contributed by atoms with Gasteiger partial charge in [0.25, 0.3) is 5.56 Å². The summed E-state index contributed by atoms with van der Waals surface area (Å²) in [7, 11) is 0. The number of nitrogens with one attached hydrogen (secondary N) is 1. The van der Waals surface area contributed by atoms with Gasteiger partial charge in [0.2, 0.25) is 5.91 Å². The summed E-state index contributed by atoms with van der Waals surface area (Å²) < 4.78 is 15.2. The number of carbonyl (C=O) groups is 1. The Labute approximate surface area is 220 Å². The lowest BCUT2D eigenvalue weighted by Gasteiger charge is -2.24. The van der Waals surface area contributed by atoms with Crippen LogP contribution in [-0.4, -0.2) is 70.3 Å². The van der Waals surface area contributed by atoms with Crippen molar-refractivity contribution < 1.29 is 14.3 Å². The molecule has 2 heterocycles. The Morgan fingerprint density at radius 2 is 1.92 bits per heavy atom. The van der Waals surface area contributed by atoms with Gasteiger partial charge in [0.15, 0.2) is 0 Å². The van der Waals surface area contributed by atoms with E-state index in [1.165, 1.54) is 22.8 Å². The first-order valence-electron chi connectivity index (χ1n) is 12.4. The Hall–Kier alpha value is -3.01. The maximum absolute atomic E-state index is 13.9. The molecule has 10 heteroatoms. The zero-order chi connectivity index (χ0) is 26.7. The van der Waals surface area contributed by atoms with Crippen molar-refractivity contribution in [3.8, 4) is 11.4 Å². The molecule has 37 heavy (non-hydrogen) atoms. The molecular formula is C27H33ClFN5O3. The minimum absolute atomic E-state index is 0.0932. The number of rotatable bonds is 6. The number of aromatic nitrogens is 2. The Morgan fingerprint density at radius 3 is 2.62 bits per heavy atom. The second kappa shape index (κ2) is 11.2. The predicted octanol–water partition coefficient (Wildman–Crippen LogP) is 3.28. The van der Waals surface area contributed by atoms with Crippen LogP contribution in [0.3, 0.4) is 0 Å². The smallest absolute Gasteiger partial charge is 0.262 e. The summed E-state index contributed by atoms with van der Waals surface area (Å²) in [6, 6.07) is 9.69. The van der Waals surface area contributed by atoms with Crippen molar-refractivity contribution in [2.75, 3.05) is 44.2 Å². The van der Waals surface area contributed by atoms with Crippen LogP contribution in [0.4, 0.5) is 10.1 Å². The maximum Gasteiger partial charge on any atom is 0.262 e. The van der Waals surface area contributed by atoms with Gasteiger partial charge in [-0.3, -0.25) is 19.1 Å². The fourth-order valence-corrected chi connectivity index (χ4v) is 4.78. The van der Waals surface area contributed by atoms with Crippen molar-refractivity contribution in [1.29, 1.82) is 0 Å². The van der Waals surface area contributed by atoms with E-state index in [0.29, 0.717) is 23.0 Å². The Kier molecular flexibility index (Phi) is 8.16. The molecule has 3 aromatic rings. The first-order valence-corrected chi connectivity index (χ1v) is 12.8. The molecule has 0 bridgehead atoms. The summed E-state index contributed by atoms with van der Waals surface area (Å²) in [4.78, 5) is 35.8. The summed E-state index contributed by atoms with van der Waals surface area (Å²) in [5, 5.41) is 12.5. The lowest BCUT2D eigenvalue weighted by Crippen LogP contribution is -2.43. The summed E-state index contributed by atoms with van der Waals surface area (Å²) in [6.45, 7) is 9.45. The van der Waals surface area contributed by atoms with Crippen LogP contribution in [0.25, 0.3) is 22.3 Å². The second-order valence-corrected chi connectivity index (χ2v) is 10.8. The van der Waals surface area contributed by atoms with Gasteiger partial charge in [0.05, 0.1) is 22.5 Å². The zero-order valence-corrected chi connectivity index (χ0v) is 22.2. The molecule has 1 fully saturated rings. The second-order valence-electron chi connectivity index (χ2n) is 10.4.